The zero-order valence-corrected chi connectivity index (χ0v) is 9.95. The van der Waals surface area contributed by atoms with E-state index in [1.54, 1.807) is 6.26 Å². The van der Waals surface area contributed by atoms with Crippen LogP contribution in [0, 0.1) is 0 Å². The minimum Gasteiger partial charge on any atom is -0.314 e. The van der Waals surface area contributed by atoms with Crippen molar-refractivity contribution in [2.75, 3.05) is 18.6 Å². The van der Waals surface area contributed by atoms with Crippen molar-refractivity contribution < 1.29 is 4.21 Å². The highest BCUT2D eigenvalue weighted by molar-refractivity contribution is 7.84. The van der Waals surface area contributed by atoms with Crippen LogP contribution in [-0.2, 0) is 10.8 Å². The Labute approximate surface area is 84.9 Å². The molecule has 0 rings (SSSR count). The molecule has 0 aromatic carbocycles. The molecule has 0 saturated heterocycles. The van der Waals surface area contributed by atoms with Gasteiger partial charge in [-0.15, -0.1) is 0 Å². The smallest absolute Gasteiger partial charge is 0.0246 e. The normalized spacial score (nSPS) is 15.6. The minimum absolute atomic E-state index is 0.515. The molecule has 0 spiro atoms. The molecule has 0 aromatic rings. The van der Waals surface area contributed by atoms with E-state index < -0.39 is 10.8 Å². The Balaban J connectivity index is 3.19. The zero-order chi connectivity index (χ0) is 10.1. The van der Waals surface area contributed by atoms with E-state index in [0.29, 0.717) is 6.04 Å². The highest BCUT2D eigenvalue weighted by Crippen LogP contribution is 1.95. The van der Waals surface area contributed by atoms with E-state index >= 15 is 0 Å². The standard InChI is InChI=1S/C10H23NOS/c1-4-5-6-8-11-10(2)7-9-13(3)12/h10-11H,4-9H2,1-3H3. The molecule has 13 heavy (non-hydrogen) atoms. The molecule has 0 radical (unpaired) electrons. The molecule has 0 aliphatic heterocycles. The van der Waals surface area contributed by atoms with E-state index in [9.17, 15) is 4.21 Å². The third-order valence-electron chi connectivity index (χ3n) is 2.11. The van der Waals surface area contributed by atoms with Crippen molar-refractivity contribution in [2.24, 2.45) is 0 Å². The lowest BCUT2D eigenvalue weighted by Crippen LogP contribution is -2.28. The summed E-state index contributed by atoms with van der Waals surface area (Å²) in [6, 6.07) is 0.515. The molecule has 0 bridgehead atoms. The summed E-state index contributed by atoms with van der Waals surface area (Å²) in [5.41, 5.74) is 0. The second-order valence-electron chi connectivity index (χ2n) is 3.63. The molecular weight excluding hydrogens is 182 g/mol. The number of unbranched alkanes of at least 4 members (excludes halogenated alkanes) is 2. The van der Waals surface area contributed by atoms with E-state index in [4.69, 9.17) is 0 Å². The van der Waals surface area contributed by atoms with Gasteiger partial charge in [-0.3, -0.25) is 4.21 Å². The zero-order valence-electron chi connectivity index (χ0n) is 9.14. The molecule has 2 nitrogen and oxygen atoms in total. The molecule has 0 heterocycles. The van der Waals surface area contributed by atoms with E-state index in [1.165, 1.54) is 19.3 Å². The molecule has 1 N–H and O–H groups in total. The number of rotatable bonds is 8. The van der Waals surface area contributed by atoms with Gasteiger partial charge in [0.25, 0.3) is 0 Å². The quantitative estimate of drug-likeness (QED) is 0.613. The number of hydrogen-bond donors (Lipinski definition) is 1. The van der Waals surface area contributed by atoms with Crippen molar-refractivity contribution in [3.63, 3.8) is 0 Å². The molecule has 3 heteroatoms. The first-order valence-corrected chi connectivity index (χ1v) is 6.93. The van der Waals surface area contributed by atoms with Gasteiger partial charge < -0.3 is 5.32 Å². The average Bonchev–Trinajstić information content (AvgIpc) is 2.09. The third kappa shape index (κ3) is 10.0. The van der Waals surface area contributed by atoms with Crippen molar-refractivity contribution in [3.05, 3.63) is 0 Å². The summed E-state index contributed by atoms with van der Waals surface area (Å²) in [5.74, 6) is 0.821. The van der Waals surface area contributed by atoms with Gasteiger partial charge in [0.05, 0.1) is 0 Å². The fourth-order valence-electron chi connectivity index (χ4n) is 1.17. The van der Waals surface area contributed by atoms with Crippen molar-refractivity contribution in [3.8, 4) is 0 Å². The molecule has 2 unspecified atom stereocenters. The summed E-state index contributed by atoms with van der Waals surface area (Å²) >= 11 is 0. The monoisotopic (exact) mass is 205 g/mol. The average molecular weight is 205 g/mol. The van der Waals surface area contributed by atoms with Gasteiger partial charge in [0.1, 0.15) is 0 Å². The fraction of sp³-hybridized carbons (Fsp3) is 1.00. The van der Waals surface area contributed by atoms with Gasteiger partial charge in [0, 0.05) is 28.9 Å². The van der Waals surface area contributed by atoms with Crippen LogP contribution < -0.4 is 5.32 Å². The summed E-state index contributed by atoms with van der Waals surface area (Å²) < 4.78 is 10.8. The van der Waals surface area contributed by atoms with Gasteiger partial charge in [-0.05, 0) is 26.3 Å². The molecule has 0 aromatic heterocycles. The second-order valence-corrected chi connectivity index (χ2v) is 5.18. The Morgan fingerprint density at radius 3 is 2.62 bits per heavy atom. The molecule has 0 amide bonds. The van der Waals surface area contributed by atoms with Crippen molar-refractivity contribution in [1.29, 1.82) is 0 Å². The maximum Gasteiger partial charge on any atom is 0.0246 e. The largest absolute Gasteiger partial charge is 0.314 e. The molecular formula is C10H23NOS. The van der Waals surface area contributed by atoms with Crippen LogP contribution in [0.25, 0.3) is 0 Å². The maximum atomic E-state index is 10.8. The Bertz CT molecular complexity index is 139. The SMILES string of the molecule is CCCCCNC(C)CCS(C)=O. The van der Waals surface area contributed by atoms with Gasteiger partial charge in [0.2, 0.25) is 0 Å². The van der Waals surface area contributed by atoms with Crippen molar-refractivity contribution in [1.82, 2.24) is 5.32 Å². The van der Waals surface area contributed by atoms with Gasteiger partial charge >= 0.3 is 0 Å². The van der Waals surface area contributed by atoms with Crippen LogP contribution in [0.2, 0.25) is 0 Å². The fourth-order valence-corrected chi connectivity index (χ4v) is 1.85. The van der Waals surface area contributed by atoms with Gasteiger partial charge in [0.15, 0.2) is 0 Å². The topological polar surface area (TPSA) is 29.1 Å². The van der Waals surface area contributed by atoms with Crippen LogP contribution in [0.4, 0.5) is 0 Å². The van der Waals surface area contributed by atoms with Gasteiger partial charge in [-0.2, -0.15) is 0 Å². The van der Waals surface area contributed by atoms with E-state index in [0.717, 1.165) is 18.7 Å². The highest BCUT2D eigenvalue weighted by atomic mass is 32.2. The van der Waals surface area contributed by atoms with E-state index in [-0.39, 0.29) is 0 Å². The Kier molecular flexibility index (Phi) is 8.77. The number of hydrogen-bond acceptors (Lipinski definition) is 2. The molecule has 2 atom stereocenters. The summed E-state index contributed by atoms with van der Waals surface area (Å²) in [5, 5.41) is 3.44. The van der Waals surface area contributed by atoms with Crippen LogP contribution in [-0.4, -0.2) is 28.8 Å². The van der Waals surface area contributed by atoms with Crippen molar-refractivity contribution >= 4 is 10.8 Å². The second kappa shape index (κ2) is 8.70. The maximum absolute atomic E-state index is 10.8. The lowest BCUT2D eigenvalue weighted by molar-refractivity contribution is 0.515. The first-order chi connectivity index (χ1) is 6.16. The molecule has 0 aliphatic rings. The summed E-state index contributed by atoms with van der Waals surface area (Å²) in [6.07, 6.45) is 6.63. The van der Waals surface area contributed by atoms with Crippen LogP contribution in [0.1, 0.15) is 39.5 Å². The predicted octanol–water partition coefficient (Wildman–Crippen LogP) is 1.92. The van der Waals surface area contributed by atoms with E-state index in [2.05, 4.69) is 19.2 Å². The lowest BCUT2D eigenvalue weighted by Gasteiger charge is -2.12. The van der Waals surface area contributed by atoms with Crippen LogP contribution in [0.5, 0.6) is 0 Å². The van der Waals surface area contributed by atoms with Crippen LogP contribution in [0.3, 0.4) is 0 Å². The summed E-state index contributed by atoms with van der Waals surface area (Å²) in [6.45, 7) is 5.48. The Hall–Kier alpha value is 0.110. The van der Waals surface area contributed by atoms with Gasteiger partial charge in [-0.1, -0.05) is 19.8 Å². The Morgan fingerprint density at radius 2 is 2.08 bits per heavy atom. The molecule has 0 aliphatic carbocycles. The van der Waals surface area contributed by atoms with Crippen molar-refractivity contribution in [2.45, 2.75) is 45.6 Å². The van der Waals surface area contributed by atoms with Crippen LogP contribution in [0.15, 0.2) is 0 Å². The predicted molar refractivity (Wildman–Crippen MR) is 60.5 cm³/mol. The third-order valence-corrected chi connectivity index (χ3v) is 2.92. The minimum atomic E-state index is -0.635. The summed E-state index contributed by atoms with van der Waals surface area (Å²) in [4.78, 5) is 0. The van der Waals surface area contributed by atoms with Gasteiger partial charge in [-0.25, -0.2) is 0 Å². The molecule has 0 saturated carbocycles. The Morgan fingerprint density at radius 1 is 1.38 bits per heavy atom. The van der Waals surface area contributed by atoms with E-state index in [1.807, 2.05) is 0 Å². The summed E-state index contributed by atoms with van der Waals surface area (Å²) in [7, 11) is -0.635. The molecule has 0 fully saturated rings. The van der Waals surface area contributed by atoms with Crippen LogP contribution >= 0.6 is 0 Å². The number of nitrogens with one attached hydrogen (secondary N) is 1. The first-order valence-electron chi connectivity index (χ1n) is 5.20. The first kappa shape index (κ1) is 13.1. The molecule has 80 valence electrons. The highest BCUT2D eigenvalue weighted by Gasteiger charge is 2.01. The lowest BCUT2D eigenvalue weighted by atomic mass is 10.2.